The topological polar surface area (TPSA) is 59.2 Å². The van der Waals surface area contributed by atoms with Crippen LogP contribution in [-0.4, -0.2) is 27.5 Å². The maximum absolute atomic E-state index is 12.5. The molecule has 5 nitrogen and oxygen atoms in total. The Morgan fingerprint density at radius 1 is 1.24 bits per heavy atom. The van der Waals surface area contributed by atoms with Crippen molar-refractivity contribution in [2.45, 2.75) is 32.7 Å². The molecule has 0 aliphatic carbocycles. The Morgan fingerprint density at radius 2 is 2.08 bits per heavy atom. The summed E-state index contributed by atoms with van der Waals surface area (Å²) in [5.74, 6) is 1.16. The van der Waals surface area contributed by atoms with E-state index in [1.807, 2.05) is 36.1 Å². The molecule has 3 heterocycles. The van der Waals surface area contributed by atoms with E-state index in [2.05, 4.69) is 21.6 Å². The molecule has 0 bridgehead atoms. The lowest BCUT2D eigenvalue weighted by Gasteiger charge is -2.26. The summed E-state index contributed by atoms with van der Waals surface area (Å²) in [6.45, 7) is 3.55. The molecule has 0 N–H and O–H groups in total. The lowest BCUT2D eigenvalue weighted by atomic mass is 10.1. The van der Waals surface area contributed by atoms with Crippen molar-refractivity contribution in [2.75, 3.05) is 6.54 Å². The molecule has 1 amide bonds. The number of carbonyl (C=O) groups excluding carboxylic acids is 1. The summed E-state index contributed by atoms with van der Waals surface area (Å²) < 4.78 is 5.70. The van der Waals surface area contributed by atoms with Gasteiger partial charge in [0.2, 0.25) is 17.7 Å². The highest BCUT2D eigenvalue weighted by molar-refractivity contribution is 7.10. The van der Waals surface area contributed by atoms with Gasteiger partial charge in [-0.15, -0.1) is 21.5 Å². The molecule has 2 aromatic heterocycles. The molecule has 6 heteroatoms. The maximum atomic E-state index is 12.5. The van der Waals surface area contributed by atoms with Gasteiger partial charge in [0.05, 0.1) is 0 Å². The van der Waals surface area contributed by atoms with E-state index in [9.17, 15) is 4.79 Å². The lowest BCUT2D eigenvalue weighted by Crippen LogP contribution is -2.35. The molecule has 0 spiro atoms. The molecule has 0 atom stereocenters. The summed E-state index contributed by atoms with van der Waals surface area (Å²) >= 11 is 1.78. The van der Waals surface area contributed by atoms with Crippen molar-refractivity contribution in [3.8, 4) is 11.5 Å². The summed E-state index contributed by atoms with van der Waals surface area (Å²) in [4.78, 5) is 15.8. The molecule has 0 fully saturated rings. The Morgan fingerprint density at radius 3 is 2.92 bits per heavy atom. The Kier molecular flexibility index (Phi) is 4.36. The van der Waals surface area contributed by atoms with Crippen molar-refractivity contribution >= 4 is 17.2 Å². The standard InChI is InChI=1S/C19H19N3O2S/c1-13-2-4-14(5-3-13)19-21-20-17(24-19)6-7-18(23)22-10-8-16-15(12-22)9-11-25-16/h2-5,9,11H,6-8,10,12H2,1H3. The molecular formula is C19H19N3O2S. The molecule has 0 saturated heterocycles. The Hall–Kier alpha value is -2.47. The van der Waals surface area contributed by atoms with Crippen LogP contribution in [0.15, 0.2) is 40.1 Å². The van der Waals surface area contributed by atoms with Gasteiger partial charge < -0.3 is 9.32 Å². The minimum absolute atomic E-state index is 0.145. The largest absolute Gasteiger partial charge is 0.421 e. The summed E-state index contributed by atoms with van der Waals surface area (Å²) in [5, 5.41) is 10.3. The monoisotopic (exact) mass is 353 g/mol. The highest BCUT2D eigenvalue weighted by Gasteiger charge is 2.21. The molecule has 1 aliphatic rings. The number of fused-ring (bicyclic) bond motifs is 1. The van der Waals surface area contributed by atoms with Crippen LogP contribution in [0.25, 0.3) is 11.5 Å². The van der Waals surface area contributed by atoms with Gasteiger partial charge in [-0.05, 0) is 42.5 Å². The van der Waals surface area contributed by atoms with E-state index in [4.69, 9.17) is 4.42 Å². The highest BCUT2D eigenvalue weighted by Crippen LogP contribution is 2.24. The van der Waals surface area contributed by atoms with Gasteiger partial charge in [-0.2, -0.15) is 0 Å². The number of aromatic nitrogens is 2. The molecule has 1 aromatic carbocycles. The lowest BCUT2D eigenvalue weighted by molar-refractivity contribution is -0.132. The average molecular weight is 353 g/mol. The number of thiophene rings is 1. The molecule has 0 unspecified atom stereocenters. The average Bonchev–Trinajstić information content (AvgIpc) is 3.29. The molecule has 128 valence electrons. The van der Waals surface area contributed by atoms with Gasteiger partial charge in [0.1, 0.15) is 0 Å². The van der Waals surface area contributed by atoms with Crippen molar-refractivity contribution < 1.29 is 9.21 Å². The predicted molar refractivity (Wildman–Crippen MR) is 96.2 cm³/mol. The first kappa shape index (κ1) is 16.0. The van der Waals surface area contributed by atoms with E-state index in [1.54, 1.807) is 11.3 Å². The van der Waals surface area contributed by atoms with Gasteiger partial charge in [-0.1, -0.05) is 17.7 Å². The minimum atomic E-state index is 0.145. The van der Waals surface area contributed by atoms with E-state index in [0.29, 0.717) is 24.6 Å². The van der Waals surface area contributed by atoms with Crippen LogP contribution in [0.4, 0.5) is 0 Å². The summed E-state index contributed by atoms with van der Waals surface area (Å²) in [6.07, 6.45) is 1.83. The van der Waals surface area contributed by atoms with E-state index < -0.39 is 0 Å². The molecule has 0 saturated carbocycles. The van der Waals surface area contributed by atoms with Crippen molar-refractivity contribution in [1.82, 2.24) is 15.1 Å². The van der Waals surface area contributed by atoms with Crippen LogP contribution in [0.5, 0.6) is 0 Å². The first-order valence-electron chi connectivity index (χ1n) is 8.41. The third-order valence-electron chi connectivity index (χ3n) is 4.48. The Labute approximate surface area is 150 Å². The number of rotatable bonds is 4. The molecule has 0 radical (unpaired) electrons. The quantitative estimate of drug-likeness (QED) is 0.719. The fourth-order valence-corrected chi connectivity index (χ4v) is 3.89. The first-order chi connectivity index (χ1) is 12.2. The second-order valence-corrected chi connectivity index (χ2v) is 7.30. The van der Waals surface area contributed by atoms with Crippen LogP contribution in [0.2, 0.25) is 0 Å². The Bertz CT molecular complexity index is 882. The van der Waals surface area contributed by atoms with Crippen molar-refractivity contribution in [3.05, 3.63) is 57.6 Å². The number of nitrogens with zero attached hydrogens (tertiary/aromatic N) is 3. The maximum Gasteiger partial charge on any atom is 0.247 e. The number of amides is 1. The van der Waals surface area contributed by atoms with Crippen LogP contribution in [0, 0.1) is 6.92 Å². The van der Waals surface area contributed by atoms with E-state index >= 15 is 0 Å². The van der Waals surface area contributed by atoms with Gasteiger partial charge >= 0.3 is 0 Å². The number of aryl methyl sites for hydroxylation is 2. The van der Waals surface area contributed by atoms with E-state index in [-0.39, 0.29) is 5.91 Å². The SMILES string of the molecule is Cc1ccc(-c2nnc(CCC(=O)N3CCc4sccc4C3)o2)cc1. The normalized spacial score (nSPS) is 13.7. The minimum Gasteiger partial charge on any atom is -0.421 e. The van der Waals surface area contributed by atoms with Crippen LogP contribution in [-0.2, 0) is 24.2 Å². The molecule has 25 heavy (non-hydrogen) atoms. The highest BCUT2D eigenvalue weighted by atomic mass is 32.1. The van der Waals surface area contributed by atoms with Gasteiger partial charge in [0.15, 0.2) is 0 Å². The molecule has 4 rings (SSSR count). The van der Waals surface area contributed by atoms with Gasteiger partial charge in [-0.25, -0.2) is 0 Å². The fourth-order valence-electron chi connectivity index (χ4n) is 3.00. The Balaban J connectivity index is 1.36. The van der Waals surface area contributed by atoms with Crippen LogP contribution in [0.1, 0.15) is 28.3 Å². The van der Waals surface area contributed by atoms with Gasteiger partial charge in [-0.3, -0.25) is 4.79 Å². The molecule has 3 aromatic rings. The zero-order valence-corrected chi connectivity index (χ0v) is 14.9. The van der Waals surface area contributed by atoms with Crippen molar-refractivity contribution in [1.29, 1.82) is 0 Å². The smallest absolute Gasteiger partial charge is 0.247 e. The number of hydrogen-bond acceptors (Lipinski definition) is 5. The predicted octanol–water partition coefficient (Wildman–Crippen LogP) is 3.62. The number of hydrogen-bond donors (Lipinski definition) is 0. The van der Waals surface area contributed by atoms with Crippen LogP contribution >= 0.6 is 11.3 Å². The summed E-state index contributed by atoms with van der Waals surface area (Å²) in [6, 6.07) is 10.1. The van der Waals surface area contributed by atoms with E-state index in [1.165, 1.54) is 16.0 Å². The first-order valence-corrected chi connectivity index (χ1v) is 9.29. The molecule has 1 aliphatic heterocycles. The zero-order chi connectivity index (χ0) is 17.2. The third-order valence-corrected chi connectivity index (χ3v) is 5.50. The number of benzene rings is 1. The molecular weight excluding hydrogens is 334 g/mol. The third kappa shape index (κ3) is 3.49. The summed E-state index contributed by atoms with van der Waals surface area (Å²) in [7, 11) is 0. The van der Waals surface area contributed by atoms with Crippen molar-refractivity contribution in [2.24, 2.45) is 0 Å². The fraction of sp³-hybridized carbons (Fsp3) is 0.316. The summed E-state index contributed by atoms with van der Waals surface area (Å²) in [5.41, 5.74) is 3.37. The number of carbonyl (C=O) groups is 1. The second kappa shape index (κ2) is 6.80. The van der Waals surface area contributed by atoms with Crippen LogP contribution < -0.4 is 0 Å². The van der Waals surface area contributed by atoms with Gasteiger partial charge in [0, 0.05) is 36.4 Å². The van der Waals surface area contributed by atoms with Crippen LogP contribution in [0.3, 0.4) is 0 Å². The van der Waals surface area contributed by atoms with E-state index in [0.717, 1.165) is 25.1 Å². The second-order valence-electron chi connectivity index (χ2n) is 6.30. The van der Waals surface area contributed by atoms with Gasteiger partial charge in [0.25, 0.3) is 0 Å². The van der Waals surface area contributed by atoms with Crippen molar-refractivity contribution in [3.63, 3.8) is 0 Å². The zero-order valence-electron chi connectivity index (χ0n) is 14.1.